The molecule has 4 nitrogen and oxygen atoms in total. The van der Waals surface area contributed by atoms with Crippen molar-refractivity contribution in [3.63, 3.8) is 0 Å². The first-order chi connectivity index (χ1) is 13.7. The van der Waals surface area contributed by atoms with Crippen molar-refractivity contribution < 1.29 is 4.79 Å². The predicted molar refractivity (Wildman–Crippen MR) is 114 cm³/mol. The maximum absolute atomic E-state index is 12.9. The van der Waals surface area contributed by atoms with Crippen LogP contribution in [0.1, 0.15) is 16.7 Å². The van der Waals surface area contributed by atoms with Gasteiger partial charge in [0, 0.05) is 17.9 Å². The molecule has 0 aromatic heterocycles. The monoisotopic (exact) mass is 367 g/mol. The van der Waals surface area contributed by atoms with Gasteiger partial charge in [-0.25, -0.2) is 4.79 Å². The zero-order chi connectivity index (χ0) is 19.8. The van der Waals surface area contributed by atoms with Crippen LogP contribution in [0.2, 0.25) is 0 Å². The van der Waals surface area contributed by atoms with Crippen molar-refractivity contribution in [2.24, 2.45) is 0 Å². The van der Waals surface area contributed by atoms with Gasteiger partial charge in [-0.2, -0.15) is 5.26 Å². The Morgan fingerprint density at radius 1 is 1.04 bits per heavy atom. The second-order valence-electron chi connectivity index (χ2n) is 6.38. The molecule has 0 aliphatic heterocycles. The zero-order valence-corrected chi connectivity index (χ0v) is 15.7. The second kappa shape index (κ2) is 9.20. The van der Waals surface area contributed by atoms with E-state index in [2.05, 4.69) is 11.4 Å². The van der Waals surface area contributed by atoms with Crippen LogP contribution in [-0.4, -0.2) is 12.6 Å². The first-order valence-electron chi connectivity index (χ1n) is 9.02. The van der Waals surface area contributed by atoms with Crippen LogP contribution in [0.25, 0.3) is 6.08 Å². The quantitative estimate of drug-likeness (QED) is 0.636. The van der Waals surface area contributed by atoms with E-state index in [1.165, 1.54) is 0 Å². The van der Waals surface area contributed by atoms with Crippen molar-refractivity contribution in [3.8, 4) is 6.07 Å². The number of rotatable bonds is 5. The first-order valence-corrected chi connectivity index (χ1v) is 9.02. The van der Waals surface area contributed by atoms with E-state index < -0.39 is 0 Å². The van der Waals surface area contributed by atoms with Crippen molar-refractivity contribution in [3.05, 3.63) is 102 Å². The highest BCUT2D eigenvalue weighted by Crippen LogP contribution is 2.18. The Bertz CT molecular complexity index is 1000. The summed E-state index contributed by atoms with van der Waals surface area (Å²) in [6.07, 6.45) is 3.95. The second-order valence-corrected chi connectivity index (χ2v) is 6.38. The number of carbonyl (C=O) groups is 1. The third-order valence-corrected chi connectivity index (χ3v) is 4.23. The summed E-state index contributed by atoms with van der Waals surface area (Å²) in [5.74, 6) is 0. The van der Waals surface area contributed by atoms with Gasteiger partial charge in [-0.05, 0) is 42.8 Å². The number of nitrogens with zero attached hydrogens (tertiary/aromatic N) is 2. The number of nitriles is 1. The minimum absolute atomic E-state index is 0.253. The van der Waals surface area contributed by atoms with Gasteiger partial charge >= 0.3 is 6.03 Å². The van der Waals surface area contributed by atoms with Crippen LogP contribution < -0.4 is 10.2 Å². The molecular formula is C24H21N3O. The molecule has 3 aromatic rings. The van der Waals surface area contributed by atoms with Gasteiger partial charge in [0.2, 0.25) is 0 Å². The molecule has 0 fully saturated rings. The molecule has 0 radical (unpaired) electrons. The molecule has 1 N–H and O–H groups in total. The SMILES string of the molecule is Cc1ccc(N(C/C=C/c2ccccc2)C(=O)Nc2cccc(C#N)c2)cc1. The van der Waals surface area contributed by atoms with Gasteiger partial charge < -0.3 is 5.32 Å². The van der Waals surface area contributed by atoms with Crippen LogP contribution in [0.5, 0.6) is 0 Å². The lowest BCUT2D eigenvalue weighted by Crippen LogP contribution is -2.35. The Hall–Kier alpha value is -3.84. The van der Waals surface area contributed by atoms with Crippen LogP contribution in [0.4, 0.5) is 16.2 Å². The summed E-state index contributed by atoms with van der Waals surface area (Å²) in [4.78, 5) is 14.6. The third kappa shape index (κ3) is 5.09. The van der Waals surface area contributed by atoms with E-state index in [1.807, 2.05) is 73.7 Å². The number of hydrogen-bond acceptors (Lipinski definition) is 2. The highest BCUT2D eigenvalue weighted by atomic mass is 16.2. The van der Waals surface area contributed by atoms with Crippen LogP contribution >= 0.6 is 0 Å². The summed E-state index contributed by atoms with van der Waals surface area (Å²) in [6.45, 7) is 2.43. The van der Waals surface area contributed by atoms with Crippen LogP contribution in [0.3, 0.4) is 0 Å². The normalized spacial score (nSPS) is 10.4. The van der Waals surface area contributed by atoms with Crippen LogP contribution in [0.15, 0.2) is 84.9 Å². The molecular weight excluding hydrogens is 346 g/mol. The lowest BCUT2D eigenvalue weighted by Gasteiger charge is -2.22. The van der Waals surface area contributed by atoms with Crippen molar-refractivity contribution in [1.82, 2.24) is 0 Å². The molecule has 4 heteroatoms. The first kappa shape index (κ1) is 18.9. The van der Waals surface area contributed by atoms with Crippen LogP contribution in [-0.2, 0) is 0 Å². The lowest BCUT2D eigenvalue weighted by atomic mass is 10.2. The highest BCUT2D eigenvalue weighted by molar-refractivity contribution is 6.02. The Labute approximate surface area is 165 Å². The van der Waals surface area contributed by atoms with Gasteiger partial charge in [0.05, 0.1) is 11.6 Å². The number of carbonyl (C=O) groups excluding carboxylic acids is 1. The van der Waals surface area contributed by atoms with Gasteiger partial charge in [-0.15, -0.1) is 0 Å². The van der Waals surface area contributed by atoms with Gasteiger partial charge in [0.25, 0.3) is 0 Å². The number of aryl methyl sites for hydroxylation is 1. The molecule has 0 saturated carbocycles. The Balaban J connectivity index is 1.80. The van der Waals surface area contributed by atoms with Gasteiger partial charge in [0.15, 0.2) is 0 Å². The van der Waals surface area contributed by atoms with Gasteiger partial charge in [0.1, 0.15) is 0 Å². The number of hydrogen-bond donors (Lipinski definition) is 1. The average molecular weight is 367 g/mol. The molecule has 0 saturated heterocycles. The van der Waals surface area contributed by atoms with E-state index in [4.69, 9.17) is 5.26 Å². The fourth-order valence-corrected chi connectivity index (χ4v) is 2.75. The maximum Gasteiger partial charge on any atom is 0.326 e. The van der Waals surface area contributed by atoms with E-state index in [0.717, 1.165) is 16.8 Å². The third-order valence-electron chi connectivity index (χ3n) is 4.23. The molecule has 0 spiro atoms. The standard InChI is InChI=1S/C24H21N3O/c1-19-12-14-23(15-13-19)27(16-6-10-20-7-3-2-4-8-20)24(28)26-22-11-5-9-21(17-22)18-25/h2-15,17H,16H2,1H3,(H,26,28)/b10-6+. The molecule has 0 aliphatic carbocycles. The minimum Gasteiger partial charge on any atom is -0.307 e. The fourth-order valence-electron chi connectivity index (χ4n) is 2.75. The highest BCUT2D eigenvalue weighted by Gasteiger charge is 2.15. The molecule has 3 rings (SSSR count). The molecule has 3 aromatic carbocycles. The van der Waals surface area contributed by atoms with Gasteiger partial charge in [-0.1, -0.05) is 66.2 Å². The number of nitrogens with one attached hydrogen (secondary N) is 1. The molecule has 28 heavy (non-hydrogen) atoms. The Kier molecular flexibility index (Phi) is 6.22. The number of amides is 2. The summed E-state index contributed by atoms with van der Waals surface area (Å²) in [5.41, 5.74) is 4.10. The summed E-state index contributed by atoms with van der Waals surface area (Å²) >= 11 is 0. The largest absolute Gasteiger partial charge is 0.326 e. The summed E-state index contributed by atoms with van der Waals surface area (Å²) in [5, 5.41) is 11.9. The zero-order valence-electron chi connectivity index (χ0n) is 15.7. The van der Waals surface area contributed by atoms with Crippen molar-refractivity contribution in [2.75, 3.05) is 16.8 Å². The molecule has 0 atom stereocenters. The smallest absolute Gasteiger partial charge is 0.307 e. The topological polar surface area (TPSA) is 56.1 Å². The van der Waals surface area contributed by atoms with Crippen molar-refractivity contribution in [1.29, 1.82) is 5.26 Å². The molecule has 0 aliphatic rings. The number of urea groups is 1. The Morgan fingerprint density at radius 2 is 1.79 bits per heavy atom. The Morgan fingerprint density at radius 3 is 2.50 bits per heavy atom. The molecule has 138 valence electrons. The van der Waals surface area contributed by atoms with E-state index in [-0.39, 0.29) is 6.03 Å². The molecule has 2 amide bonds. The average Bonchev–Trinajstić information content (AvgIpc) is 2.73. The number of anilines is 2. The van der Waals surface area contributed by atoms with E-state index in [0.29, 0.717) is 17.8 Å². The maximum atomic E-state index is 12.9. The lowest BCUT2D eigenvalue weighted by molar-refractivity contribution is 0.257. The molecule has 0 bridgehead atoms. The molecule has 0 heterocycles. The van der Waals surface area contributed by atoms with Crippen molar-refractivity contribution in [2.45, 2.75) is 6.92 Å². The van der Waals surface area contributed by atoms with E-state index in [9.17, 15) is 4.79 Å². The summed E-state index contributed by atoms with van der Waals surface area (Å²) in [6, 6.07) is 26.5. The summed E-state index contributed by atoms with van der Waals surface area (Å²) < 4.78 is 0. The van der Waals surface area contributed by atoms with Gasteiger partial charge in [-0.3, -0.25) is 4.90 Å². The van der Waals surface area contributed by atoms with Crippen molar-refractivity contribution >= 4 is 23.5 Å². The van der Waals surface area contributed by atoms with E-state index in [1.54, 1.807) is 29.2 Å². The fraction of sp³-hybridized carbons (Fsp3) is 0.0833. The minimum atomic E-state index is -0.253. The predicted octanol–water partition coefficient (Wildman–Crippen LogP) is 5.62. The number of benzene rings is 3. The van der Waals surface area contributed by atoms with E-state index >= 15 is 0 Å². The van der Waals surface area contributed by atoms with Crippen LogP contribution in [0, 0.1) is 18.3 Å². The summed E-state index contributed by atoms with van der Waals surface area (Å²) in [7, 11) is 0. The molecule has 0 unspecified atom stereocenters.